The number of carbonyl (C=O) groups is 2. The van der Waals surface area contributed by atoms with Gasteiger partial charge in [-0.05, 0) is 54.8 Å². The van der Waals surface area contributed by atoms with Gasteiger partial charge in [-0.3, -0.25) is 19.5 Å². The monoisotopic (exact) mass is 538 g/mol. The molecule has 1 aliphatic carbocycles. The van der Waals surface area contributed by atoms with Gasteiger partial charge in [-0.15, -0.1) is 0 Å². The lowest BCUT2D eigenvalue weighted by molar-refractivity contribution is -0.123. The second-order valence-corrected chi connectivity index (χ2v) is 9.38. The van der Waals surface area contributed by atoms with E-state index in [4.69, 9.17) is 25.8 Å². The number of rotatable bonds is 9. The van der Waals surface area contributed by atoms with Crippen LogP contribution in [0.3, 0.4) is 0 Å². The van der Waals surface area contributed by atoms with Crippen LogP contribution in [0.4, 0.5) is 5.69 Å². The normalized spacial score (nSPS) is 14.3. The van der Waals surface area contributed by atoms with Gasteiger partial charge < -0.3 is 19.5 Å². The molecule has 200 valence electrons. The topological polar surface area (TPSA) is 103 Å². The van der Waals surface area contributed by atoms with Gasteiger partial charge in [0.25, 0.3) is 5.91 Å². The van der Waals surface area contributed by atoms with Gasteiger partial charge in [0.2, 0.25) is 11.7 Å². The van der Waals surface area contributed by atoms with Gasteiger partial charge in [0.05, 0.1) is 27.5 Å². The minimum absolute atomic E-state index is 0.0134. The zero-order valence-corrected chi connectivity index (χ0v) is 22.4. The summed E-state index contributed by atoms with van der Waals surface area (Å²) in [6, 6.07) is 8.99. The van der Waals surface area contributed by atoms with Crippen molar-refractivity contribution in [2.45, 2.75) is 44.2 Å². The first-order valence-corrected chi connectivity index (χ1v) is 12.8. The number of halogens is 1. The zero-order valence-electron chi connectivity index (χ0n) is 21.6. The quantitative estimate of drug-likeness (QED) is 0.409. The summed E-state index contributed by atoms with van der Waals surface area (Å²) in [4.78, 5) is 37.8. The van der Waals surface area contributed by atoms with E-state index in [9.17, 15) is 9.59 Å². The molecule has 0 radical (unpaired) electrons. The van der Waals surface area contributed by atoms with Crippen molar-refractivity contribution in [3.8, 4) is 17.2 Å². The van der Waals surface area contributed by atoms with E-state index in [0.717, 1.165) is 32.1 Å². The van der Waals surface area contributed by atoms with Crippen LogP contribution in [-0.4, -0.2) is 49.2 Å². The molecule has 10 heteroatoms. The van der Waals surface area contributed by atoms with Crippen molar-refractivity contribution in [3.63, 3.8) is 0 Å². The van der Waals surface area contributed by atoms with Gasteiger partial charge in [-0.25, -0.2) is 4.98 Å². The lowest BCUT2D eigenvalue weighted by atomic mass is 9.94. The third-order valence-corrected chi connectivity index (χ3v) is 6.82. The highest BCUT2D eigenvalue weighted by Gasteiger charge is 2.36. The first kappa shape index (κ1) is 27.2. The molecule has 1 atom stereocenters. The summed E-state index contributed by atoms with van der Waals surface area (Å²) in [5.41, 5.74) is 1.02. The van der Waals surface area contributed by atoms with E-state index >= 15 is 0 Å². The Morgan fingerprint density at radius 2 is 1.63 bits per heavy atom. The third-order valence-electron chi connectivity index (χ3n) is 6.57. The van der Waals surface area contributed by atoms with E-state index in [1.54, 1.807) is 36.4 Å². The van der Waals surface area contributed by atoms with Gasteiger partial charge in [0.15, 0.2) is 11.5 Å². The molecular formula is C28H31ClN4O5. The van der Waals surface area contributed by atoms with Crippen LogP contribution in [0, 0.1) is 0 Å². The van der Waals surface area contributed by atoms with Crippen molar-refractivity contribution < 1.29 is 23.8 Å². The molecule has 1 unspecified atom stereocenters. The van der Waals surface area contributed by atoms with Gasteiger partial charge >= 0.3 is 0 Å². The Balaban J connectivity index is 1.89. The first-order chi connectivity index (χ1) is 18.5. The fourth-order valence-electron chi connectivity index (χ4n) is 4.72. The van der Waals surface area contributed by atoms with E-state index in [1.807, 2.05) is 0 Å². The van der Waals surface area contributed by atoms with Gasteiger partial charge in [0.1, 0.15) is 11.7 Å². The van der Waals surface area contributed by atoms with Crippen LogP contribution in [0.15, 0.2) is 55.0 Å². The maximum absolute atomic E-state index is 14.1. The summed E-state index contributed by atoms with van der Waals surface area (Å²) >= 11 is 6.16. The second-order valence-electron chi connectivity index (χ2n) is 8.95. The molecule has 3 aromatic rings. The van der Waals surface area contributed by atoms with Gasteiger partial charge in [-0.2, -0.15) is 0 Å². The minimum atomic E-state index is -1.10. The summed E-state index contributed by atoms with van der Waals surface area (Å²) in [6.07, 6.45) is 9.28. The maximum atomic E-state index is 14.1. The molecule has 1 aliphatic rings. The molecule has 0 saturated heterocycles. The smallest absolute Gasteiger partial charge is 0.279 e. The van der Waals surface area contributed by atoms with Crippen molar-refractivity contribution in [1.29, 1.82) is 0 Å². The molecule has 38 heavy (non-hydrogen) atoms. The summed E-state index contributed by atoms with van der Waals surface area (Å²) in [6.45, 7) is 0. The average molecular weight is 539 g/mol. The molecule has 2 aromatic carbocycles. The molecule has 1 fully saturated rings. The number of hydrogen-bond donors (Lipinski definition) is 1. The largest absolute Gasteiger partial charge is 0.493 e. The lowest BCUT2D eigenvalue weighted by Crippen LogP contribution is -2.47. The number of carbonyl (C=O) groups excluding carboxylic acids is 2. The number of benzene rings is 2. The fourth-order valence-corrected chi connectivity index (χ4v) is 4.85. The van der Waals surface area contributed by atoms with Gasteiger partial charge in [-0.1, -0.05) is 30.9 Å². The molecule has 0 spiro atoms. The van der Waals surface area contributed by atoms with E-state index in [0.29, 0.717) is 33.5 Å². The molecule has 1 saturated carbocycles. The molecule has 9 nitrogen and oxygen atoms in total. The molecule has 1 N–H and O–H groups in total. The highest BCUT2D eigenvalue weighted by Crippen LogP contribution is 2.42. The van der Waals surface area contributed by atoms with E-state index in [-0.39, 0.29) is 17.6 Å². The van der Waals surface area contributed by atoms with Crippen LogP contribution in [-0.2, 0) is 4.79 Å². The van der Waals surface area contributed by atoms with Gasteiger partial charge in [0, 0.05) is 29.1 Å². The molecule has 0 aliphatic heterocycles. The van der Waals surface area contributed by atoms with Crippen LogP contribution in [0.1, 0.15) is 54.2 Å². The molecule has 2 amide bonds. The first-order valence-electron chi connectivity index (χ1n) is 12.4. The Hall–Kier alpha value is -3.85. The Morgan fingerprint density at radius 3 is 2.18 bits per heavy atom. The number of amides is 2. The molecule has 1 heterocycles. The zero-order chi connectivity index (χ0) is 27.1. The fraction of sp³-hybridized carbons (Fsp3) is 0.357. The van der Waals surface area contributed by atoms with Crippen molar-refractivity contribution in [3.05, 3.63) is 71.3 Å². The van der Waals surface area contributed by atoms with Crippen molar-refractivity contribution in [2.24, 2.45) is 0 Å². The third kappa shape index (κ3) is 5.99. The average Bonchev–Trinajstić information content (AvgIpc) is 2.96. The highest BCUT2D eigenvalue weighted by molar-refractivity contribution is 6.30. The lowest BCUT2D eigenvalue weighted by Gasteiger charge is -2.33. The molecule has 4 rings (SSSR count). The Labute approximate surface area is 227 Å². The number of anilines is 1. The summed E-state index contributed by atoms with van der Waals surface area (Å²) < 4.78 is 16.6. The molecule has 0 bridgehead atoms. The second kappa shape index (κ2) is 12.6. The molecule has 1 aromatic heterocycles. The minimum Gasteiger partial charge on any atom is -0.493 e. The Kier molecular flexibility index (Phi) is 9.02. The maximum Gasteiger partial charge on any atom is 0.279 e. The van der Waals surface area contributed by atoms with Crippen LogP contribution in [0.5, 0.6) is 17.2 Å². The standard InChI is InChI=1S/C28H31ClN4O5/c1-36-23-15-18(16-24(37-2)26(23)38-3)25(27(34)32-20-7-5-4-6-8-20)33(21-11-9-19(29)10-12-21)28(35)22-17-30-13-14-31-22/h9-17,20,25H,4-8H2,1-3H3,(H,32,34). The number of methoxy groups -OCH3 is 3. The van der Waals surface area contributed by atoms with Crippen LogP contribution >= 0.6 is 11.6 Å². The van der Waals surface area contributed by atoms with Crippen molar-refractivity contribution in [1.82, 2.24) is 15.3 Å². The molecular weight excluding hydrogens is 508 g/mol. The summed E-state index contributed by atoms with van der Waals surface area (Å²) in [5, 5.41) is 3.68. The number of nitrogens with zero attached hydrogens (tertiary/aromatic N) is 3. The number of hydrogen-bond acceptors (Lipinski definition) is 7. The van der Waals surface area contributed by atoms with E-state index in [2.05, 4.69) is 15.3 Å². The number of aromatic nitrogens is 2. The SMILES string of the molecule is COc1cc(C(C(=O)NC2CCCCC2)N(C(=O)c2cnccn2)c2ccc(Cl)cc2)cc(OC)c1OC. The summed E-state index contributed by atoms with van der Waals surface area (Å²) in [5.74, 6) is 0.264. The predicted molar refractivity (Wildman–Crippen MR) is 144 cm³/mol. The van der Waals surface area contributed by atoms with E-state index < -0.39 is 11.9 Å². The summed E-state index contributed by atoms with van der Waals surface area (Å²) in [7, 11) is 4.50. The predicted octanol–water partition coefficient (Wildman–Crippen LogP) is 4.99. The Bertz CT molecular complexity index is 1220. The van der Waals surface area contributed by atoms with E-state index in [1.165, 1.54) is 44.8 Å². The number of nitrogens with one attached hydrogen (secondary N) is 1. The van der Waals surface area contributed by atoms with Crippen LogP contribution in [0.2, 0.25) is 5.02 Å². The van der Waals surface area contributed by atoms with Crippen LogP contribution in [0.25, 0.3) is 0 Å². The number of ether oxygens (including phenoxy) is 3. The Morgan fingerprint density at radius 1 is 0.974 bits per heavy atom. The highest BCUT2D eigenvalue weighted by atomic mass is 35.5. The van der Waals surface area contributed by atoms with Crippen molar-refractivity contribution >= 4 is 29.1 Å². The van der Waals surface area contributed by atoms with Crippen molar-refractivity contribution in [2.75, 3.05) is 26.2 Å². The van der Waals surface area contributed by atoms with Crippen LogP contribution < -0.4 is 24.4 Å².